The van der Waals surface area contributed by atoms with Crippen molar-refractivity contribution < 1.29 is 15.2 Å². The first-order valence-corrected chi connectivity index (χ1v) is 3.13. The molecule has 0 saturated heterocycles. The average molecular weight is 153 g/mol. The summed E-state index contributed by atoms with van der Waals surface area (Å²) < 4.78 is 0. The molecule has 0 aliphatic carbocycles. The minimum Gasteiger partial charge on any atom is -0.493 e. The highest BCUT2D eigenvalue weighted by Crippen LogP contribution is 2.01. The fraction of sp³-hybridized carbons (Fsp3) is 0.167. The molecule has 1 heterocycles. The molecule has 3 N–H and O–H groups in total. The second kappa shape index (κ2) is 2.90. The van der Waals surface area contributed by atoms with Gasteiger partial charge in [0, 0.05) is 12.3 Å². The van der Waals surface area contributed by atoms with E-state index >= 15 is 0 Å². The summed E-state index contributed by atoms with van der Waals surface area (Å²) in [5, 5.41) is 26.3. The number of aryl methyl sites for hydroxylation is 1. The van der Waals surface area contributed by atoms with E-state index in [1.54, 1.807) is 6.92 Å². The summed E-state index contributed by atoms with van der Waals surface area (Å²) in [5.74, 6) is -0.210. The molecule has 0 atom stereocenters. The van der Waals surface area contributed by atoms with E-state index in [2.05, 4.69) is 4.98 Å². The van der Waals surface area contributed by atoms with Gasteiger partial charge in [-0.05, 0) is 17.9 Å². The molecule has 0 spiro atoms. The summed E-state index contributed by atoms with van der Waals surface area (Å²) in [6.45, 7) is 1.68. The minimum atomic E-state index is -1.55. The van der Waals surface area contributed by atoms with Crippen molar-refractivity contribution in [3.8, 4) is 5.88 Å². The highest BCUT2D eigenvalue weighted by Gasteiger charge is 2.14. The molecule has 0 fully saturated rings. The first-order valence-electron chi connectivity index (χ1n) is 3.13. The molecule has 0 saturated carbocycles. The van der Waals surface area contributed by atoms with Crippen molar-refractivity contribution in [2.45, 2.75) is 6.92 Å². The molecule has 1 aromatic rings. The maximum absolute atomic E-state index is 8.85. The van der Waals surface area contributed by atoms with Crippen LogP contribution in [0.1, 0.15) is 5.56 Å². The number of nitrogens with zero attached hydrogens (tertiary/aromatic N) is 1. The van der Waals surface area contributed by atoms with Crippen LogP contribution < -0.4 is 5.46 Å². The van der Waals surface area contributed by atoms with Gasteiger partial charge in [0.05, 0.1) is 0 Å². The van der Waals surface area contributed by atoms with Crippen LogP contribution in [0.5, 0.6) is 5.88 Å². The number of hydrogen-bond acceptors (Lipinski definition) is 4. The molecule has 0 aliphatic heterocycles. The lowest BCUT2D eigenvalue weighted by atomic mass is 9.78. The largest absolute Gasteiger partial charge is 0.493 e. The monoisotopic (exact) mass is 153 g/mol. The first-order chi connectivity index (χ1) is 5.11. The van der Waals surface area contributed by atoms with Crippen LogP contribution in [0.25, 0.3) is 0 Å². The van der Waals surface area contributed by atoms with Crippen molar-refractivity contribution in [2.75, 3.05) is 0 Å². The molecule has 0 bridgehead atoms. The summed E-state index contributed by atoms with van der Waals surface area (Å²) in [6.07, 6.45) is 1.38. The van der Waals surface area contributed by atoms with Gasteiger partial charge >= 0.3 is 7.12 Å². The molecule has 5 heteroatoms. The molecule has 0 radical (unpaired) electrons. The normalized spacial score (nSPS) is 9.73. The minimum absolute atomic E-state index is 0.210. The average Bonchev–Trinajstić information content (AvgIpc) is 1.94. The van der Waals surface area contributed by atoms with E-state index in [9.17, 15) is 0 Å². The van der Waals surface area contributed by atoms with Gasteiger partial charge < -0.3 is 15.2 Å². The standard InChI is InChI=1S/C6H8BNO3/c1-4-3-8-6(9)2-5(4)7(10)11/h2-3,10-11H,1H3,(H,8,9). The predicted molar refractivity (Wildman–Crippen MR) is 40.5 cm³/mol. The fourth-order valence-electron chi connectivity index (χ4n) is 0.806. The molecule has 1 rings (SSSR count). The zero-order valence-corrected chi connectivity index (χ0v) is 6.02. The van der Waals surface area contributed by atoms with Crippen molar-refractivity contribution in [2.24, 2.45) is 0 Å². The predicted octanol–water partition coefficient (Wildman–Crippen LogP) is -1.22. The van der Waals surface area contributed by atoms with Crippen molar-refractivity contribution >= 4 is 12.6 Å². The Kier molecular flexibility index (Phi) is 2.12. The van der Waals surface area contributed by atoms with Gasteiger partial charge in [0.25, 0.3) is 0 Å². The second-order valence-corrected chi connectivity index (χ2v) is 2.27. The SMILES string of the molecule is Cc1cnc(O)cc1B(O)O. The Hall–Kier alpha value is -1.07. The molecule has 1 aromatic heterocycles. The molecule has 0 aliphatic rings. The van der Waals surface area contributed by atoms with E-state index in [4.69, 9.17) is 15.2 Å². The summed E-state index contributed by atoms with van der Waals surface area (Å²) in [6, 6.07) is 1.22. The van der Waals surface area contributed by atoms with Gasteiger partial charge in [-0.2, -0.15) is 0 Å². The smallest absolute Gasteiger partial charge is 0.488 e. The number of aromatic nitrogens is 1. The van der Waals surface area contributed by atoms with E-state index < -0.39 is 7.12 Å². The zero-order chi connectivity index (χ0) is 8.43. The Morgan fingerprint density at radius 2 is 2.09 bits per heavy atom. The molecule has 0 unspecified atom stereocenters. The molecule has 0 aromatic carbocycles. The van der Waals surface area contributed by atoms with E-state index in [0.29, 0.717) is 5.56 Å². The van der Waals surface area contributed by atoms with Crippen molar-refractivity contribution in [1.82, 2.24) is 4.98 Å². The molecule has 0 amide bonds. The van der Waals surface area contributed by atoms with E-state index in [1.165, 1.54) is 12.3 Å². The van der Waals surface area contributed by atoms with Crippen molar-refractivity contribution in [3.63, 3.8) is 0 Å². The van der Waals surface area contributed by atoms with Gasteiger partial charge in [-0.3, -0.25) is 0 Å². The lowest BCUT2D eigenvalue weighted by Crippen LogP contribution is -2.32. The number of pyridine rings is 1. The van der Waals surface area contributed by atoms with Crippen LogP contribution in [-0.4, -0.2) is 27.3 Å². The molecular weight excluding hydrogens is 145 g/mol. The van der Waals surface area contributed by atoms with Crippen LogP contribution in [-0.2, 0) is 0 Å². The Labute approximate surface area is 64.3 Å². The summed E-state index contributed by atoms with van der Waals surface area (Å²) >= 11 is 0. The van der Waals surface area contributed by atoms with Crippen molar-refractivity contribution in [3.05, 3.63) is 17.8 Å². The number of aromatic hydroxyl groups is 1. The van der Waals surface area contributed by atoms with Gasteiger partial charge in [0.2, 0.25) is 5.88 Å². The molecule has 58 valence electrons. The maximum Gasteiger partial charge on any atom is 0.488 e. The molecular formula is C6H8BNO3. The van der Waals surface area contributed by atoms with Crippen LogP contribution in [0.2, 0.25) is 0 Å². The Morgan fingerprint density at radius 1 is 1.45 bits per heavy atom. The lowest BCUT2D eigenvalue weighted by Gasteiger charge is -2.02. The lowest BCUT2D eigenvalue weighted by molar-refractivity contribution is 0.423. The topological polar surface area (TPSA) is 73.6 Å². The Balaban J connectivity index is 3.13. The van der Waals surface area contributed by atoms with Crippen LogP contribution in [0, 0.1) is 6.92 Å². The summed E-state index contributed by atoms with van der Waals surface area (Å²) in [5.41, 5.74) is 0.912. The summed E-state index contributed by atoms with van der Waals surface area (Å²) in [4.78, 5) is 3.56. The number of rotatable bonds is 1. The third-order valence-electron chi connectivity index (χ3n) is 1.41. The maximum atomic E-state index is 8.85. The molecule has 11 heavy (non-hydrogen) atoms. The third kappa shape index (κ3) is 1.69. The second-order valence-electron chi connectivity index (χ2n) is 2.27. The zero-order valence-electron chi connectivity index (χ0n) is 6.02. The van der Waals surface area contributed by atoms with E-state index in [-0.39, 0.29) is 11.3 Å². The van der Waals surface area contributed by atoms with Crippen LogP contribution >= 0.6 is 0 Å². The van der Waals surface area contributed by atoms with Crippen LogP contribution in [0.15, 0.2) is 12.3 Å². The van der Waals surface area contributed by atoms with Gasteiger partial charge in [-0.1, -0.05) is 0 Å². The van der Waals surface area contributed by atoms with Gasteiger partial charge in [-0.15, -0.1) is 0 Å². The molecule has 4 nitrogen and oxygen atoms in total. The third-order valence-corrected chi connectivity index (χ3v) is 1.41. The van der Waals surface area contributed by atoms with Gasteiger partial charge in [0.15, 0.2) is 0 Å². The van der Waals surface area contributed by atoms with Crippen LogP contribution in [0.3, 0.4) is 0 Å². The van der Waals surface area contributed by atoms with Gasteiger partial charge in [-0.25, -0.2) is 4.98 Å². The van der Waals surface area contributed by atoms with Gasteiger partial charge in [0.1, 0.15) is 0 Å². The highest BCUT2D eigenvalue weighted by atomic mass is 16.4. The van der Waals surface area contributed by atoms with E-state index in [1.807, 2.05) is 0 Å². The highest BCUT2D eigenvalue weighted by molar-refractivity contribution is 6.59. The summed E-state index contributed by atoms with van der Waals surface area (Å²) in [7, 11) is -1.55. The van der Waals surface area contributed by atoms with E-state index in [0.717, 1.165) is 0 Å². The number of hydrogen-bond donors (Lipinski definition) is 3. The quantitative estimate of drug-likeness (QED) is 0.442. The first kappa shape index (κ1) is 8.04. The van der Waals surface area contributed by atoms with Crippen molar-refractivity contribution in [1.29, 1.82) is 0 Å². The fourth-order valence-corrected chi connectivity index (χ4v) is 0.806. The van der Waals surface area contributed by atoms with Crippen LogP contribution in [0.4, 0.5) is 0 Å². The Bertz CT molecular complexity index is 264. The Morgan fingerprint density at radius 3 is 2.55 bits per heavy atom.